The Morgan fingerprint density at radius 3 is 1.38 bits per heavy atom. The molecule has 2 nitrogen and oxygen atoms in total. The second-order valence-corrected chi connectivity index (χ2v) is 11.4. The van der Waals surface area contributed by atoms with Gasteiger partial charge in [-0.25, -0.2) is 0 Å². The van der Waals surface area contributed by atoms with E-state index in [1.54, 1.807) is 0 Å². The Balaban J connectivity index is 0.00000300. The van der Waals surface area contributed by atoms with Gasteiger partial charge >= 0.3 is 168 Å². The summed E-state index contributed by atoms with van der Waals surface area (Å²) in [5.74, 6) is -0.693. The molecule has 0 aromatic heterocycles. The molecule has 0 spiro atoms. The number of aliphatic carboxylic acids is 1. The SMILES string of the molecule is Br.O=C(O)CCCCCC[PH](c1ccccc1)(c1ccccc1)c1ccccc1. The second kappa shape index (κ2) is 11.9. The molecule has 0 unspecified atom stereocenters. The molecule has 3 rings (SSSR count). The molecular formula is C25H30BrO2P. The minimum atomic E-state index is -2.12. The van der Waals surface area contributed by atoms with Gasteiger partial charge in [-0.05, 0) is 0 Å². The summed E-state index contributed by atoms with van der Waals surface area (Å²) in [5.41, 5.74) is 0. The number of unbranched alkanes of at least 4 members (excludes halogenated alkanes) is 3. The van der Waals surface area contributed by atoms with Gasteiger partial charge in [0.15, 0.2) is 0 Å². The molecule has 3 aromatic rings. The van der Waals surface area contributed by atoms with E-state index >= 15 is 0 Å². The Morgan fingerprint density at radius 1 is 0.621 bits per heavy atom. The topological polar surface area (TPSA) is 37.3 Å². The van der Waals surface area contributed by atoms with Crippen LogP contribution < -0.4 is 15.9 Å². The molecule has 0 saturated carbocycles. The maximum atomic E-state index is 10.8. The third-order valence-electron chi connectivity index (χ3n) is 5.49. The van der Waals surface area contributed by atoms with Crippen LogP contribution in [0.1, 0.15) is 32.1 Å². The van der Waals surface area contributed by atoms with Crippen molar-refractivity contribution in [3.63, 3.8) is 0 Å². The van der Waals surface area contributed by atoms with Gasteiger partial charge in [0.2, 0.25) is 0 Å². The molecule has 0 fully saturated rings. The van der Waals surface area contributed by atoms with Gasteiger partial charge in [-0.3, -0.25) is 0 Å². The van der Waals surface area contributed by atoms with Gasteiger partial charge in [0.05, 0.1) is 0 Å². The van der Waals surface area contributed by atoms with E-state index in [9.17, 15) is 4.79 Å². The maximum absolute atomic E-state index is 10.8. The van der Waals surface area contributed by atoms with Gasteiger partial charge in [0.1, 0.15) is 0 Å². The van der Waals surface area contributed by atoms with Gasteiger partial charge in [0, 0.05) is 0 Å². The third kappa shape index (κ3) is 6.01. The predicted molar refractivity (Wildman–Crippen MR) is 132 cm³/mol. The first-order valence-electron chi connectivity index (χ1n) is 10.1. The van der Waals surface area contributed by atoms with Crippen molar-refractivity contribution >= 4 is 46.1 Å². The summed E-state index contributed by atoms with van der Waals surface area (Å²) in [6.45, 7) is 0. The molecule has 0 aliphatic heterocycles. The average Bonchev–Trinajstić information content (AvgIpc) is 2.75. The summed E-state index contributed by atoms with van der Waals surface area (Å²) < 4.78 is 0. The number of carbonyl (C=O) groups is 1. The Morgan fingerprint density at radius 2 is 1.00 bits per heavy atom. The van der Waals surface area contributed by atoms with Gasteiger partial charge in [-0.1, -0.05) is 0 Å². The van der Waals surface area contributed by atoms with E-state index in [4.69, 9.17) is 5.11 Å². The standard InChI is InChI=1S/C25H29O2P.BrH/c26-25(27)20-12-1-2-13-21-28(22-14-6-3-7-15-22,23-16-8-4-9-17-23)24-18-10-5-11-19-24;/h3-11,14-19,28H,1-2,12-13,20-21H2,(H,26,27);1H. The third-order valence-corrected chi connectivity index (χ3v) is 10.6. The summed E-state index contributed by atoms with van der Waals surface area (Å²) in [4.78, 5) is 10.8. The number of carboxylic acids is 1. The molecule has 4 heteroatoms. The molecule has 0 radical (unpaired) electrons. The summed E-state index contributed by atoms with van der Waals surface area (Å²) >= 11 is 0. The van der Waals surface area contributed by atoms with Crippen molar-refractivity contribution in [2.45, 2.75) is 32.1 Å². The fourth-order valence-electron chi connectivity index (χ4n) is 4.12. The predicted octanol–water partition coefficient (Wildman–Crippen LogP) is 5.33. The first-order valence-corrected chi connectivity index (χ1v) is 12.3. The zero-order valence-corrected chi connectivity index (χ0v) is 19.4. The molecule has 0 aliphatic rings. The van der Waals surface area contributed by atoms with E-state index in [1.165, 1.54) is 15.9 Å². The van der Waals surface area contributed by atoms with E-state index in [-0.39, 0.29) is 23.4 Å². The van der Waals surface area contributed by atoms with Gasteiger partial charge in [-0.2, -0.15) is 0 Å². The van der Waals surface area contributed by atoms with Crippen LogP contribution in [0, 0.1) is 0 Å². The van der Waals surface area contributed by atoms with Crippen molar-refractivity contribution in [2.24, 2.45) is 0 Å². The number of rotatable bonds is 10. The van der Waals surface area contributed by atoms with E-state index in [0.717, 1.165) is 31.8 Å². The fraction of sp³-hybridized carbons (Fsp3) is 0.240. The molecule has 0 atom stereocenters. The van der Waals surface area contributed by atoms with E-state index < -0.39 is 13.2 Å². The van der Waals surface area contributed by atoms with Crippen LogP contribution in [0.4, 0.5) is 0 Å². The molecule has 0 aliphatic carbocycles. The number of halogens is 1. The summed E-state index contributed by atoms with van der Waals surface area (Å²) in [6.07, 6.45) is 5.36. The molecule has 154 valence electrons. The molecule has 0 saturated heterocycles. The van der Waals surface area contributed by atoms with E-state index in [2.05, 4.69) is 91.0 Å². The zero-order chi connectivity index (χ0) is 19.7. The van der Waals surface area contributed by atoms with Crippen molar-refractivity contribution in [1.29, 1.82) is 0 Å². The van der Waals surface area contributed by atoms with Crippen LogP contribution in [0.3, 0.4) is 0 Å². The Labute approximate surface area is 185 Å². The van der Waals surface area contributed by atoms with Gasteiger partial charge in [0.25, 0.3) is 0 Å². The number of benzene rings is 3. The molecule has 0 amide bonds. The Bertz CT molecular complexity index is 757. The van der Waals surface area contributed by atoms with Crippen molar-refractivity contribution in [3.8, 4) is 0 Å². The molecule has 1 N–H and O–H groups in total. The van der Waals surface area contributed by atoms with Crippen LogP contribution in [0.15, 0.2) is 91.0 Å². The molecule has 0 heterocycles. The minimum absolute atomic E-state index is 0. The fourth-order valence-corrected chi connectivity index (χ4v) is 9.05. The van der Waals surface area contributed by atoms with E-state index in [1.807, 2.05) is 0 Å². The van der Waals surface area contributed by atoms with Crippen molar-refractivity contribution in [3.05, 3.63) is 91.0 Å². The zero-order valence-electron chi connectivity index (χ0n) is 16.7. The number of hydrogen-bond donors (Lipinski definition) is 1. The second-order valence-electron chi connectivity index (χ2n) is 7.31. The quantitative estimate of drug-likeness (QED) is 0.320. The normalized spacial score (nSPS) is 11.4. The average molecular weight is 473 g/mol. The van der Waals surface area contributed by atoms with Crippen molar-refractivity contribution < 1.29 is 9.90 Å². The van der Waals surface area contributed by atoms with Crippen LogP contribution >= 0.6 is 24.2 Å². The Hall–Kier alpha value is -1.96. The van der Waals surface area contributed by atoms with Crippen molar-refractivity contribution in [1.82, 2.24) is 0 Å². The molecule has 0 bridgehead atoms. The molecule has 3 aromatic carbocycles. The van der Waals surface area contributed by atoms with Gasteiger partial charge < -0.3 is 0 Å². The van der Waals surface area contributed by atoms with Crippen LogP contribution in [0.25, 0.3) is 0 Å². The summed E-state index contributed by atoms with van der Waals surface area (Å²) in [7, 11) is -2.12. The first-order chi connectivity index (χ1) is 13.7. The first kappa shape index (κ1) is 23.3. The summed E-state index contributed by atoms with van der Waals surface area (Å²) in [6, 6.07) is 32.9. The monoisotopic (exact) mass is 472 g/mol. The van der Waals surface area contributed by atoms with E-state index in [0.29, 0.717) is 0 Å². The number of carboxylic acid groups (broad SMARTS) is 1. The molecular weight excluding hydrogens is 443 g/mol. The van der Waals surface area contributed by atoms with Crippen LogP contribution in [0.2, 0.25) is 0 Å². The van der Waals surface area contributed by atoms with Crippen LogP contribution in [0.5, 0.6) is 0 Å². The van der Waals surface area contributed by atoms with Crippen molar-refractivity contribution in [2.75, 3.05) is 6.16 Å². The summed E-state index contributed by atoms with van der Waals surface area (Å²) in [5, 5.41) is 13.2. The van der Waals surface area contributed by atoms with Crippen LogP contribution in [-0.2, 0) is 4.79 Å². The number of hydrogen-bond acceptors (Lipinski definition) is 1. The molecule has 29 heavy (non-hydrogen) atoms. The van der Waals surface area contributed by atoms with Crippen LogP contribution in [-0.4, -0.2) is 17.2 Å². The Kier molecular flexibility index (Phi) is 9.57. The van der Waals surface area contributed by atoms with Gasteiger partial charge in [-0.15, -0.1) is 17.0 Å².